The molecule has 5 aromatic rings. The molecule has 1 aliphatic carbocycles. The number of rotatable bonds is 4. The summed E-state index contributed by atoms with van der Waals surface area (Å²) >= 11 is 0. The highest BCUT2D eigenvalue weighted by Gasteiger charge is 2.25. The minimum absolute atomic E-state index is 0.0115. The van der Waals surface area contributed by atoms with E-state index in [1.54, 1.807) is 40.1 Å². The van der Waals surface area contributed by atoms with Gasteiger partial charge < -0.3 is 4.74 Å². The predicted octanol–water partition coefficient (Wildman–Crippen LogP) is 4.52. The monoisotopic (exact) mass is 435 g/mol. The van der Waals surface area contributed by atoms with E-state index in [-0.39, 0.29) is 11.6 Å². The van der Waals surface area contributed by atoms with Crippen molar-refractivity contribution in [2.75, 3.05) is 0 Å². The summed E-state index contributed by atoms with van der Waals surface area (Å²) in [6.07, 6.45) is 8.90. The smallest absolute Gasteiger partial charge is 0.261 e. The molecule has 0 radical (unpaired) electrons. The maximum absolute atomic E-state index is 13.4. The molecule has 162 valence electrons. The van der Waals surface area contributed by atoms with E-state index in [9.17, 15) is 4.79 Å². The number of fused-ring (bicyclic) bond motifs is 2. The predicted molar refractivity (Wildman–Crippen MR) is 125 cm³/mol. The summed E-state index contributed by atoms with van der Waals surface area (Å²) < 4.78 is 9.57. The average molecular weight is 435 g/mol. The minimum atomic E-state index is -0.0575. The highest BCUT2D eigenvalue weighted by atomic mass is 16.5. The van der Waals surface area contributed by atoms with Crippen LogP contribution < -0.4 is 10.3 Å². The lowest BCUT2D eigenvalue weighted by Crippen LogP contribution is -2.24. The second-order valence-electron chi connectivity index (χ2n) is 8.27. The minimum Gasteiger partial charge on any atom is -0.457 e. The topological polar surface area (TPSA) is 74.8 Å². The molecule has 0 saturated heterocycles. The Morgan fingerprint density at radius 3 is 2.79 bits per heavy atom. The number of nitrogens with zero attached hydrogens (tertiary/aromatic N) is 5. The molecule has 0 spiro atoms. The van der Waals surface area contributed by atoms with Gasteiger partial charge in [-0.05, 0) is 48.2 Å². The second kappa shape index (κ2) is 7.70. The number of ether oxygens (including phenoxy) is 1. The first-order valence-corrected chi connectivity index (χ1v) is 10.9. The van der Waals surface area contributed by atoms with Crippen LogP contribution in [-0.4, -0.2) is 24.3 Å². The summed E-state index contributed by atoms with van der Waals surface area (Å²) in [5, 5.41) is 4.74. The number of aryl methyl sites for hydroxylation is 2. The molecule has 0 bridgehead atoms. The summed E-state index contributed by atoms with van der Waals surface area (Å²) in [7, 11) is 1.86. The summed E-state index contributed by atoms with van der Waals surface area (Å²) in [4.78, 5) is 22.4. The normalized spacial score (nSPS) is 15.0. The molecule has 33 heavy (non-hydrogen) atoms. The Labute approximate surface area is 189 Å². The van der Waals surface area contributed by atoms with Crippen molar-refractivity contribution < 1.29 is 4.74 Å². The van der Waals surface area contributed by atoms with Crippen molar-refractivity contribution in [2.24, 2.45) is 7.05 Å². The first-order valence-electron chi connectivity index (χ1n) is 10.9. The Morgan fingerprint density at radius 1 is 1.03 bits per heavy atom. The van der Waals surface area contributed by atoms with Crippen molar-refractivity contribution in [3.63, 3.8) is 0 Å². The Morgan fingerprint density at radius 2 is 1.91 bits per heavy atom. The number of hydrogen-bond acceptors (Lipinski definition) is 5. The maximum atomic E-state index is 13.4. The van der Waals surface area contributed by atoms with E-state index in [0.29, 0.717) is 22.4 Å². The molecule has 1 atom stereocenters. The number of benzene rings is 2. The highest BCUT2D eigenvalue weighted by molar-refractivity contribution is 5.79. The number of pyridine rings is 1. The largest absolute Gasteiger partial charge is 0.457 e. The molecule has 0 saturated carbocycles. The van der Waals surface area contributed by atoms with Crippen molar-refractivity contribution in [3.05, 3.63) is 101 Å². The molecule has 1 aliphatic rings. The van der Waals surface area contributed by atoms with Crippen LogP contribution in [0.15, 0.2) is 84.3 Å². The third kappa shape index (κ3) is 3.47. The molecule has 1 unspecified atom stereocenters. The van der Waals surface area contributed by atoms with E-state index in [2.05, 4.69) is 27.2 Å². The van der Waals surface area contributed by atoms with Gasteiger partial charge in [0, 0.05) is 31.1 Å². The zero-order valence-electron chi connectivity index (χ0n) is 18.0. The summed E-state index contributed by atoms with van der Waals surface area (Å²) in [5.74, 6) is 1.21. The van der Waals surface area contributed by atoms with Crippen molar-refractivity contribution >= 4 is 10.9 Å². The molecule has 7 nitrogen and oxygen atoms in total. The summed E-state index contributed by atoms with van der Waals surface area (Å²) in [6, 6.07) is 17.4. The molecule has 2 aromatic carbocycles. The summed E-state index contributed by atoms with van der Waals surface area (Å²) in [5.41, 5.74) is 4.77. The molecule has 0 aliphatic heterocycles. The molecular weight excluding hydrogens is 414 g/mol. The summed E-state index contributed by atoms with van der Waals surface area (Å²) in [6.45, 7) is 0. The first-order chi connectivity index (χ1) is 16.2. The third-order valence-corrected chi connectivity index (χ3v) is 6.16. The molecule has 0 fully saturated rings. The van der Waals surface area contributed by atoms with E-state index in [1.807, 2.05) is 43.6 Å². The Bertz CT molecular complexity index is 1550. The quantitative estimate of drug-likeness (QED) is 0.415. The van der Waals surface area contributed by atoms with Crippen molar-refractivity contribution in [1.29, 1.82) is 0 Å². The Hall–Kier alpha value is -4.26. The standard InChI is InChI=1S/C26H21N5O2/c1-30-15-18(14-29-30)24-13-20(10-11-27-24)33-19-7-8-23-22(12-19)26(32)31(16-28-23)25-9-6-17-4-2-3-5-21(17)25/h2-5,7-8,10-16,25H,6,9H2,1H3. The van der Waals surface area contributed by atoms with Crippen LogP contribution in [0.2, 0.25) is 0 Å². The lowest BCUT2D eigenvalue weighted by atomic mass is 10.1. The SMILES string of the molecule is Cn1cc(-c2cc(Oc3ccc4ncn(C5CCc6ccccc65)c(=O)c4c3)ccn2)cn1. The van der Waals surface area contributed by atoms with Crippen molar-refractivity contribution in [1.82, 2.24) is 24.3 Å². The van der Waals surface area contributed by atoms with Crippen LogP contribution in [0.25, 0.3) is 22.2 Å². The van der Waals surface area contributed by atoms with Crippen LogP contribution in [0.3, 0.4) is 0 Å². The zero-order chi connectivity index (χ0) is 22.4. The van der Waals surface area contributed by atoms with Gasteiger partial charge in [0.2, 0.25) is 0 Å². The van der Waals surface area contributed by atoms with Crippen LogP contribution in [0.4, 0.5) is 0 Å². The third-order valence-electron chi connectivity index (χ3n) is 6.16. The highest BCUT2D eigenvalue weighted by Crippen LogP contribution is 2.33. The number of hydrogen-bond donors (Lipinski definition) is 0. The van der Waals surface area contributed by atoms with Gasteiger partial charge in [-0.2, -0.15) is 5.10 Å². The van der Waals surface area contributed by atoms with Gasteiger partial charge in [0.25, 0.3) is 5.56 Å². The van der Waals surface area contributed by atoms with E-state index < -0.39 is 0 Å². The van der Waals surface area contributed by atoms with Gasteiger partial charge in [0.1, 0.15) is 11.5 Å². The molecule has 7 heteroatoms. The first kappa shape index (κ1) is 19.4. The molecular formula is C26H21N5O2. The van der Waals surface area contributed by atoms with E-state index in [0.717, 1.165) is 24.1 Å². The van der Waals surface area contributed by atoms with E-state index in [1.165, 1.54) is 11.1 Å². The fourth-order valence-corrected chi connectivity index (χ4v) is 4.55. The van der Waals surface area contributed by atoms with Crippen LogP contribution >= 0.6 is 0 Å². The molecule has 0 amide bonds. The second-order valence-corrected chi connectivity index (χ2v) is 8.27. The van der Waals surface area contributed by atoms with Crippen molar-refractivity contribution in [2.45, 2.75) is 18.9 Å². The Balaban J connectivity index is 1.35. The van der Waals surface area contributed by atoms with Crippen LogP contribution in [0, 0.1) is 0 Å². The van der Waals surface area contributed by atoms with Gasteiger partial charge in [-0.15, -0.1) is 0 Å². The van der Waals surface area contributed by atoms with E-state index in [4.69, 9.17) is 4.74 Å². The van der Waals surface area contributed by atoms with E-state index >= 15 is 0 Å². The lowest BCUT2D eigenvalue weighted by Gasteiger charge is -2.16. The maximum Gasteiger partial charge on any atom is 0.261 e. The van der Waals surface area contributed by atoms with Gasteiger partial charge in [-0.1, -0.05) is 24.3 Å². The van der Waals surface area contributed by atoms with Crippen LogP contribution in [0.5, 0.6) is 11.5 Å². The lowest BCUT2D eigenvalue weighted by molar-refractivity contribution is 0.482. The molecule has 6 rings (SSSR count). The van der Waals surface area contributed by atoms with Gasteiger partial charge in [0.15, 0.2) is 0 Å². The van der Waals surface area contributed by atoms with Crippen molar-refractivity contribution in [3.8, 4) is 22.8 Å². The fourth-order valence-electron chi connectivity index (χ4n) is 4.55. The average Bonchev–Trinajstić information content (AvgIpc) is 3.46. The molecule has 3 heterocycles. The molecule has 3 aromatic heterocycles. The Kier molecular flexibility index (Phi) is 4.54. The van der Waals surface area contributed by atoms with Gasteiger partial charge in [-0.25, -0.2) is 4.98 Å². The van der Waals surface area contributed by atoms with Crippen LogP contribution in [0.1, 0.15) is 23.6 Å². The van der Waals surface area contributed by atoms with Gasteiger partial charge >= 0.3 is 0 Å². The van der Waals surface area contributed by atoms with Crippen LogP contribution in [-0.2, 0) is 13.5 Å². The van der Waals surface area contributed by atoms with Gasteiger partial charge in [0.05, 0.1) is 35.2 Å². The van der Waals surface area contributed by atoms with Gasteiger partial charge in [-0.3, -0.25) is 19.0 Å². The zero-order valence-corrected chi connectivity index (χ0v) is 18.0. The molecule has 0 N–H and O–H groups in total. The number of aromatic nitrogens is 5. The fraction of sp³-hybridized carbons (Fsp3) is 0.154.